The van der Waals surface area contributed by atoms with Crippen LogP contribution < -0.4 is 10.1 Å². The molecule has 5 aromatic rings. The molecule has 0 unspecified atom stereocenters. The number of carbonyl (C=O) groups excluding carboxylic acids is 1. The molecule has 5 aromatic carbocycles. The van der Waals surface area contributed by atoms with Crippen molar-refractivity contribution in [2.75, 3.05) is 5.32 Å². The Morgan fingerprint density at radius 1 is 0.861 bits per heavy atom. The van der Waals surface area contributed by atoms with Gasteiger partial charge < -0.3 is 10.1 Å². The van der Waals surface area contributed by atoms with Gasteiger partial charge in [0.2, 0.25) is 0 Å². The second-order valence-corrected chi connectivity index (χ2v) is 8.70. The number of fused-ring (bicyclic) bond motifs is 2. The third-order valence-electron chi connectivity index (χ3n) is 5.93. The molecule has 0 saturated carbocycles. The lowest BCUT2D eigenvalue weighted by Crippen LogP contribution is -2.13. The van der Waals surface area contributed by atoms with E-state index in [9.17, 15) is 10.1 Å². The summed E-state index contributed by atoms with van der Waals surface area (Å²) in [6.45, 7) is 0.344. The van der Waals surface area contributed by atoms with Gasteiger partial charge in [-0.2, -0.15) is 5.26 Å². The molecule has 1 amide bonds. The molecule has 0 aliphatic rings. The van der Waals surface area contributed by atoms with Crippen molar-refractivity contribution in [3.63, 3.8) is 0 Å². The summed E-state index contributed by atoms with van der Waals surface area (Å²) in [5.74, 6) is 0.0673. The SMILES string of the molecule is N#CC(=Cc1c(OCc2cccc3ccccc23)ccc2ccccc12)C(=O)Nc1cccc(Cl)c1. The molecule has 5 heteroatoms. The van der Waals surface area contributed by atoms with Crippen molar-refractivity contribution in [1.29, 1.82) is 5.26 Å². The molecule has 0 aromatic heterocycles. The van der Waals surface area contributed by atoms with Crippen molar-refractivity contribution in [2.45, 2.75) is 6.61 Å². The zero-order valence-corrected chi connectivity index (χ0v) is 20.0. The topological polar surface area (TPSA) is 62.1 Å². The number of nitriles is 1. The van der Waals surface area contributed by atoms with Crippen LogP contribution in [-0.2, 0) is 11.4 Å². The van der Waals surface area contributed by atoms with Gasteiger partial charge in [-0.3, -0.25) is 4.79 Å². The molecular weight excluding hydrogens is 468 g/mol. The Morgan fingerprint density at radius 2 is 1.56 bits per heavy atom. The molecule has 0 aliphatic heterocycles. The van der Waals surface area contributed by atoms with Crippen molar-refractivity contribution < 1.29 is 9.53 Å². The molecule has 1 N–H and O–H groups in total. The highest BCUT2D eigenvalue weighted by atomic mass is 35.5. The van der Waals surface area contributed by atoms with E-state index < -0.39 is 5.91 Å². The summed E-state index contributed by atoms with van der Waals surface area (Å²) in [5.41, 5.74) is 2.20. The van der Waals surface area contributed by atoms with Gasteiger partial charge in [0, 0.05) is 16.3 Å². The van der Waals surface area contributed by atoms with Crippen molar-refractivity contribution in [2.24, 2.45) is 0 Å². The lowest BCUT2D eigenvalue weighted by atomic mass is 10.0. The van der Waals surface area contributed by atoms with Crippen molar-refractivity contribution >= 4 is 50.8 Å². The number of halogens is 1. The minimum absolute atomic E-state index is 0.0404. The molecule has 36 heavy (non-hydrogen) atoms. The largest absolute Gasteiger partial charge is 0.488 e. The molecular formula is C31H21ClN2O2. The number of carbonyl (C=O) groups is 1. The first-order valence-corrected chi connectivity index (χ1v) is 11.8. The number of amides is 1. The van der Waals surface area contributed by atoms with Gasteiger partial charge in [0.15, 0.2) is 0 Å². The van der Waals surface area contributed by atoms with Crippen LogP contribution in [-0.4, -0.2) is 5.91 Å². The number of ether oxygens (including phenoxy) is 1. The second-order valence-electron chi connectivity index (χ2n) is 8.26. The normalized spacial score (nSPS) is 11.3. The summed E-state index contributed by atoms with van der Waals surface area (Å²) < 4.78 is 6.30. The number of anilines is 1. The molecule has 0 bridgehead atoms. The Hall–Kier alpha value is -4.59. The molecule has 174 valence electrons. The quantitative estimate of drug-likeness (QED) is 0.196. The Bertz CT molecular complexity index is 1660. The zero-order chi connectivity index (χ0) is 24.9. The van der Waals surface area contributed by atoms with Gasteiger partial charge in [0.05, 0.1) is 0 Å². The fraction of sp³-hybridized carbons (Fsp3) is 0.0323. The number of nitrogens with one attached hydrogen (secondary N) is 1. The monoisotopic (exact) mass is 488 g/mol. The first kappa shape index (κ1) is 23.2. The van der Waals surface area contributed by atoms with Gasteiger partial charge in [0.25, 0.3) is 5.91 Å². The summed E-state index contributed by atoms with van der Waals surface area (Å²) in [6, 6.07) is 34.8. The van der Waals surface area contributed by atoms with Crippen LogP contribution in [0.4, 0.5) is 5.69 Å². The number of nitrogens with zero attached hydrogens (tertiary/aromatic N) is 1. The molecule has 4 nitrogen and oxygen atoms in total. The molecule has 0 heterocycles. The van der Waals surface area contributed by atoms with Crippen LogP contribution in [0.15, 0.2) is 109 Å². The second kappa shape index (κ2) is 10.4. The van der Waals surface area contributed by atoms with Crippen LogP contribution in [0.2, 0.25) is 5.02 Å². The number of rotatable bonds is 6. The fourth-order valence-electron chi connectivity index (χ4n) is 4.18. The third kappa shape index (κ3) is 4.93. The van der Waals surface area contributed by atoms with Crippen LogP contribution in [0.3, 0.4) is 0 Å². The van der Waals surface area contributed by atoms with Gasteiger partial charge in [0.1, 0.15) is 24.0 Å². The smallest absolute Gasteiger partial charge is 0.266 e. The summed E-state index contributed by atoms with van der Waals surface area (Å²) in [6.07, 6.45) is 1.58. The van der Waals surface area contributed by atoms with E-state index in [1.807, 2.05) is 66.7 Å². The Kier molecular flexibility index (Phi) is 6.66. The lowest BCUT2D eigenvalue weighted by Gasteiger charge is -2.14. The van der Waals surface area contributed by atoms with E-state index in [0.29, 0.717) is 28.6 Å². The van der Waals surface area contributed by atoms with Crippen LogP contribution >= 0.6 is 11.6 Å². The molecule has 0 radical (unpaired) electrons. The van der Waals surface area contributed by atoms with Gasteiger partial charge in [-0.05, 0) is 57.4 Å². The summed E-state index contributed by atoms with van der Waals surface area (Å²) in [5, 5.41) is 17.2. The highest BCUT2D eigenvalue weighted by Gasteiger charge is 2.14. The third-order valence-corrected chi connectivity index (χ3v) is 6.17. The maximum atomic E-state index is 12.9. The predicted molar refractivity (Wildman–Crippen MR) is 146 cm³/mol. The highest BCUT2D eigenvalue weighted by molar-refractivity contribution is 6.31. The van der Waals surface area contributed by atoms with Crippen LogP contribution in [0, 0.1) is 11.3 Å². The Balaban J connectivity index is 1.52. The van der Waals surface area contributed by atoms with E-state index in [-0.39, 0.29) is 5.57 Å². The van der Waals surface area contributed by atoms with E-state index in [4.69, 9.17) is 16.3 Å². The van der Waals surface area contributed by atoms with Gasteiger partial charge in [-0.1, -0.05) is 90.5 Å². The molecule has 5 rings (SSSR count). The Labute approximate surface area is 214 Å². The minimum atomic E-state index is -0.521. The van der Waals surface area contributed by atoms with Crippen molar-refractivity contribution in [3.05, 3.63) is 125 Å². The lowest BCUT2D eigenvalue weighted by molar-refractivity contribution is -0.112. The summed E-state index contributed by atoms with van der Waals surface area (Å²) in [4.78, 5) is 12.9. The molecule has 0 fully saturated rings. The maximum absolute atomic E-state index is 12.9. The maximum Gasteiger partial charge on any atom is 0.266 e. The molecule has 0 atom stereocenters. The van der Waals surface area contributed by atoms with E-state index in [1.165, 1.54) is 0 Å². The van der Waals surface area contributed by atoms with Crippen molar-refractivity contribution in [1.82, 2.24) is 0 Å². The van der Waals surface area contributed by atoms with Gasteiger partial charge in [-0.15, -0.1) is 0 Å². The van der Waals surface area contributed by atoms with Crippen LogP contribution in [0.1, 0.15) is 11.1 Å². The number of benzene rings is 5. The number of hydrogen-bond donors (Lipinski definition) is 1. The summed E-state index contributed by atoms with van der Waals surface area (Å²) in [7, 11) is 0. The Morgan fingerprint density at radius 3 is 2.33 bits per heavy atom. The first-order chi connectivity index (χ1) is 17.6. The predicted octanol–water partition coefficient (Wildman–Crippen LogP) is 7.77. The van der Waals surface area contributed by atoms with Gasteiger partial charge >= 0.3 is 0 Å². The molecule has 0 spiro atoms. The van der Waals surface area contributed by atoms with E-state index in [1.54, 1.807) is 30.3 Å². The average Bonchev–Trinajstić information content (AvgIpc) is 2.90. The van der Waals surface area contributed by atoms with Crippen LogP contribution in [0.25, 0.3) is 27.6 Å². The summed E-state index contributed by atoms with van der Waals surface area (Å²) >= 11 is 6.03. The molecule has 0 saturated heterocycles. The number of hydrogen-bond acceptors (Lipinski definition) is 3. The highest BCUT2D eigenvalue weighted by Crippen LogP contribution is 2.32. The minimum Gasteiger partial charge on any atom is -0.488 e. The van der Waals surface area contributed by atoms with E-state index >= 15 is 0 Å². The van der Waals surface area contributed by atoms with Gasteiger partial charge in [-0.25, -0.2) is 0 Å². The van der Waals surface area contributed by atoms with E-state index in [0.717, 1.165) is 27.1 Å². The standard InChI is InChI=1S/C31H21ClN2O2/c32-25-11-6-12-26(18-25)34-31(35)24(19-33)17-29-28-14-4-2-8-22(28)15-16-30(29)36-20-23-10-5-9-21-7-1-3-13-27(21)23/h1-18H,20H2,(H,34,35). The fourth-order valence-corrected chi connectivity index (χ4v) is 4.37. The zero-order valence-electron chi connectivity index (χ0n) is 19.2. The first-order valence-electron chi connectivity index (χ1n) is 11.4. The van der Waals surface area contributed by atoms with Crippen LogP contribution in [0.5, 0.6) is 5.75 Å². The average molecular weight is 489 g/mol. The van der Waals surface area contributed by atoms with Crippen molar-refractivity contribution in [3.8, 4) is 11.8 Å². The van der Waals surface area contributed by atoms with E-state index in [2.05, 4.69) is 23.5 Å². The molecule has 0 aliphatic carbocycles.